The van der Waals surface area contributed by atoms with Crippen LogP contribution in [0.3, 0.4) is 0 Å². The van der Waals surface area contributed by atoms with Gasteiger partial charge >= 0.3 is 5.69 Å². The fourth-order valence-corrected chi connectivity index (χ4v) is 2.19. The lowest BCUT2D eigenvalue weighted by Gasteiger charge is -2.22. The number of anilines is 1. The molecule has 0 aliphatic carbocycles. The Morgan fingerprint density at radius 2 is 2.50 bits per heavy atom. The van der Waals surface area contributed by atoms with Crippen molar-refractivity contribution < 1.29 is 13.8 Å². The van der Waals surface area contributed by atoms with E-state index in [-0.39, 0.29) is 24.9 Å². The molecule has 2 heterocycles. The van der Waals surface area contributed by atoms with Gasteiger partial charge in [0.25, 0.3) is 0 Å². The fraction of sp³-hybridized carbons (Fsp3) is 0.500. The maximum Gasteiger partial charge on any atom is 0.349 e. The molecule has 1 unspecified atom stereocenters. The Morgan fingerprint density at radius 1 is 1.69 bits per heavy atom. The first kappa shape index (κ1) is 11.3. The van der Waals surface area contributed by atoms with E-state index >= 15 is 0 Å². The molecule has 0 saturated carbocycles. The molecule has 7 nitrogen and oxygen atoms in total. The van der Waals surface area contributed by atoms with Crippen LogP contribution in [-0.2, 0) is 20.4 Å². The van der Waals surface area contributed by atoms with Crippen molar-refractivity contribution in [3.8, 4) is 0 Å². The molecular formula is C8H12N3O4P. The van der Waals surface area contributed by atoms with E-state index in [0.29, 0.717) is 6.54 Å². The molecule has 1 aromatic rings. The van der Waals surface area contributed by atoms with Gasteiger partial charge in [0.05, 0.1) is 13.2 Å². The number of ether oxygens (including phenoxy) is 1. The minimum absolute atomic E-state index is 0.104. The van der Waals surface area contributed by atoms with Gasteiger partial charge in [0, 0.05) is 6.20 Å². The van der Waals surface area contributed by atoms with E-state index in [0.717, 1.165) is 0 Å². The lowest BCUT2D eigenvalue weighted by molar-refractivity contribution is 0.00800. The van der Waals surface area contributed by atoms with Crippen molar-refractivity contribution in [2.45, 2.75) is 12.6 Å². The average Bonchev–Trinajstić information content (AvgIpc) is 2.25. The molecule has 2 rings (SSSR count). The molecule has 1 aromatic heterocycles. The summed E-state index contributed by atoms with van der Waals surface area (Å²) in [7, 11) is -2.03. The molecule has 0 bridgehead atoms. The molecule has 1 aliphatic heterocycles. The number of rotatable bonds is 2. The Labute approximate surface area is 92.1 Å². The zero-order valence-corrected chi connectivity index (χ0v) is 9.46. The first-order valence-corrected chi connectivity index (χ1v) is 6.28. The SMILES string of the molecule is Nc1ccn(C[C@H]2CO[PH](=O)CO2)c(=O)n1. The van der Waals surface area contributed by atoms with Gasteiger partial charge in [-0.1, -0.05) is 0 Å². The van der Waals surface area contributed by atoms with Crippen molar-refractivity contribution >= 4 is 13.8 Å². The number of hydrogen-bond donors (Lipinski definition) is 1. The summed E-state index contributed by atoms with van der Waals surface area (Å²) in [5, 5.41) is 0. The van der Waals surface area contributed by atoms with E-state index in [9.17, 15) is 9.36 Å². The van der Waals surface area contributed by atoms with Crippen LogP contribution >= 0.6 is 8.03 Å². The summed E-state index contributed by atoms with van der Waals surface area (Å²) in [6, 6.07) is 1.54. The van der Waals surface area contributed by atoms with Crippen LogP contribution in [0, 0.1) is 0 Å². The van der Waals surface area contributed by atoms with Gasteiger partial charge in [-0.2, -0.15) is 4.98 Å². The lowest BCUT2D eigenvalue weighted by atomic mass is 10.3. The van der Waals surface area contributed by atoms with E-state index in [1.807, 2.05) is 0 Å². The monoisotopic (exact) mass is 245 g/mol. The smallest absolute Gasteiger partial charge is 0.349 e. The number of nitrogens with zero attached hydrogens (tertiary/aromatic N) is 2. The molecule has 1 aliphatic rings. The fourth-order valence-electron chi connectivity index (χ4n) is 1.37. The predicted octanol–water partition coefficient (Wildman–Crippen LogP) is -0.327. The first-order chi connectivity index (χ1) is 7.65. The summed E-state index contributed by atoms with van der Waals surface area (Å²) >= 11 is 0. The van der Waals surface area contributed by atoms with E-state index in [1.165, 1.54) is 10.6 Å². The molecule has 2 atom stereocenters. The second-order valence-corrected chi connectivity index (χ2v) is 4.72. The number of aromatic nitrogens is 2. The van der Waals surface area contributed by atoms with Crippen molar-refractivity contribution in [1.29, 1.82) is 0 Å². The zero-order chi connectivity index (χ0) is 11.5. The first-order valence-electron chi connectivity index (χ1n) is 4.75. The van der Waals surface area contributed by atoms with Crippen molar-refractivity contribution in [2.24, 2.45) is 0 Å². The summed E-state index contributed by atoms with van der Waals surface area (Å²) in [6.07, 6.45) is 1.38. The summed E-state index contributed by atoms with van der Waals surface area (Å²) in [4.78, 5) is 15.0. The van der Waals surface area contributed by atoms with Crippen LogP contribution in [0.5, 0.6) is 0 Å². The molecule has 0 amide bonds. The van der Waals surface area contributed by atoms with Crippen molar-refractivity contribution in [2.75, 3.05) is 18.7 Å². The highest BCUT2D eigenvalue weighted by Crippen LogP contribution is 2.27. The second-order valence-electron chi connectivity index (χ2n) is 3.40. The third-order valence-corrected chi connectivity index (χ3v) is 3.05. The summed E-state index contributed by atoms with van der Waals surface area (Å²) in [6.45, 7) is 0.551. The van der Waals surface area contributed by atoms with Gasteiger partial charge < -0.3 is 15.0 Å². The van der Waals surface area contributed by atoms with Crippen LogP contribution in [0.2, 0.25) is 0 Å². The highest BCUT2D eigenvalue weighted by atomic mass is 31.1. The Kier molecular flexibility index (Phi) is 3.38. The highest BCUT2D eigenvalue weighted by Gasteiger charge is 2.19. The van der Waals surface area contributed by atoms with Crippen LogP contribution in [0.4, 0.5) is 5.82 Å². The molecule has 2 N–H and O–H groups in total. The van der Waals surface area contributed by atoms with E-state index in [2.05, 4.69) is 4.98 Å². The van der Waals surface area contributed by atoms with Gasteiger partial charge in [0.1, 0.15) is 18.3 Å². The van der Waals surface area contributed by atoms with Crippen LogP contribution < -0.4 is 11.4 Å². The van der Waals surface area contributed by atoms with E-state index in [4.69, 9.17) is 15.0 Å². The summed E-state index contributed by atoms with van der Waals surface area (Å²) in [5.74, 6) is 0.187. The predicted molar refractivity (Wildman–Crippen MR) is 57.6 cm³/mol. The highest BCUT2D eigenvalue weighted by molar-refractivity contribution is 7.38. The molecule has 88 valence electrons. The lowest BCUT2D eigenvalue weighted by Crippen LogP contribution is -2.33. The number of nitrogens with two attached hydrogens (primary N) is 1. The third kappa shape index (κ3) is 2.69. The summed E-state index contributed by atoms with van der Waals surface area (Å²) < 4.78 is 22.6. The third-order valence-electron chi connectivity index (χ3n) is 2.16. The van der Waals surface area contributed by atoms with Crippen LogP contribution in [0.15, 0.2) is 17.1 Å². The molecule has 8 heteroatoms. The Hall–Kier alpha value is -1.17. The molecule has 16 heavy (non-hydrogen) atoms. The quantitative estimate of drug-likeness (QED) is 0.717. The minimum Gasteiger partial charge on any atom is -0.383 e. The molecule has 0 spiro atoms. The topological polar surface area (TPSA) is 96.4 Å². The van der Waals surface area contributed by atoms with Crippen LogP contribution in [0.25, 0.3) is 0 Å². The van der Waals surface area contributed by atoms with Crippen molar-refractivity contribution in [1.82, 2.24) is 9.55 Å². The van der Waals surface area contributed by atoms with Crippen LogP contribution in [0.1, 0.15) is 0 Å². The summed E-state index contributed by atoms with van der Waals surface area (Å²) in [5.41, 5.74) is 4.93. The standard InChI is InChI=1S/C8H12N3O4P/c9-7-1-2-11(8(12)10-7)3-6-4-15-16(13)5-14-6/h1-2,6,16H,3-5H2,(H2,9,10,12)/t6-/m0/s1. The maximum absolute atomic E-state index is 11.4. The Balaban J connectivity index is 2.04. The van der Waals surface area contributed by atoms with Crippen LogP contribution in [-0.4, -0.2) is 28.6 Å². The molecule has 0 aromatic carbocycles. The van der Waals surface area contributed by atoms with E-state index < -0.39 is 13.7 Å². The van der Waals surface area contributed by atoms with E-state index in [1.54, 1.807) is 6.20 Å². The number of hydrogen-bond acceptors (Lipinski definition) is 6. The van der Waals surface area contributed by atoms with Crippen molar-refractivity contribution in [3.63, 3.8) is 0 Å². The Morgan fingerprint density at radius 3 is 3.12 bits per heavy atom. The molecule has 1 saturated heterocycles. The molecule has 1 fully saturated rings. The molecule has 0 radical (unpaired) electrons. The Bertz CT molecular complexity index is 451. The van der Waals surface area contributed by atoms with Crippen molar-refractivity contribution in [3.05, 3.63) is 22.7 Å². The maximum atomic E-state index is 11.4. The zero-order valence-electron chi connectivity index (χ0n) is 8.46. The minimum atomic E-state index is -2.03. The number of nitrogen functional groups attached to an aromatic ring is 1. The van der Waals surface area contributed by atoms with Gasteiger partial charge in [0.2, 0.25) is 8.03 Å². The van der Waals surface area contributed by atoms with Gasteiger partial charge in [-0.05, 0) is 6.07 Å². The largest absolute Gasteiger partial charge is 0.383 e. The van der Waals surface area contributed by atoms with Gasteiger partial charge in [0.15, 0.2) is 0 Å². The average molecular weight is 245 g/mol. The normalized spacial score (nSPS) is 25.5. The van der Waals surface area contributed by atoms with Gasteiger partial charge in [-0.3, -0.25) is 9.13 Å². The van der Waals surface area contributed by atoms with Gasteiger partial charge in [-0.15, -0.1) is 0 Å². The van der Waals surface area contributed by atoms with Gasteiger partial charge in [-0.25, -0.2) is 4.79 Å². The second kappa shape index (κ2) is 4.78. The molecular weight excluding hydrogens is 233 g/mol.